The predicted octanol–water partition coefficient (Wildman–Crippen LogP) is 0.875. The van der Waals surface area contributed by atoms with E-state index in [1.807, 2.05) is 6.07 Å². The number of halogens is 1. The zero-order valence-electron chi connectivity index (χ0n) is 9.78. The Morgan fingerprint density at radius 1 is 1.53 bits per heavy atom. The minimum absolute atomic E-state index is 0.115. The third-order valence-electron chi connectivity index (χ3n) is 2.77. The molecule has 0 N–H and O–H groups in total. The van der Waals surface area contributed by atoms with Gasteiger partial charge in [-0.05, 0) is 12.1 Å². The van der Waals surface area contributed by atoms with Gasteiger partial charge >= 0.3 is 0 Å². The summed E-state index contributed by atoms with van der Waals surface area (Å²) in [5.74, 6) is -0.441. The van der Waals surface area contributed by atoms with Gasteiger partial charge in [0.15, 0.2) is 0 Å². The number of hydrogen-bond acceptors (Lipinski definition) is 5. The highest BCUT2D eigenvalue weighted by Gasteiger charge is 2.33. The second kappa shape index (κ2) is 5.15. The highest BCUT2D eigenvalue weighted by molar-refractivity contribution is 8.13. The van der Waals surface area contributed by atoms with Crippen molar-refractivity contribution in [1.82, 2.24) is 4.98 Å². The Balaban J connectivity index is 2.18. The summed E-state index contributed by atoms with van der Waals surface area (Å²) in [6.45, 7) is 0.243. The molecule has 1 atom stereocenters. The molecule has 1 aliphatic heterocycles. The highest BCUT2D eigenvalue weighted by Crippen LogP contribution is 2.25. The largest absolute Gasteiger partial charge is 0.296 e. The number of anilines is 1. The summed E-state index contributed by atoms with van der Waals surface area (Å²) in [4.78, 5) is 17.2. The summed E-state index contributed by atoms with van der Waals surface area (Å²) in [5, 5.41) is 8.76. The number of pyridine rings is 1. The second-order valence-corrected chi connectivity index (χ2v) is 7.09. The molecule has 1 aromatic heterocycles. The van der Waals surface area contributed by atoms with Crippen molar-refractivity contribution < 1.29 is 13.2 Å². The first kappa shape index (κ1) is 13.8. The van der Waals surface area contributed by atoms with Gasteiger partial charge in [0.05, 0.1) is 5.75 Å². The number of nitriles is 1. The van der Waals surface area contributed by atoms with Crippen molar-refractivity contribution in [1.29, 1.82) is 5.26 Å². The molecule has 0 bridgehead atoms. The van der Waals surface area contributed by atoms with Crippen LogP contribution in [-0.2, 0) is 13.8 Å². The fourth-order valence-corrected chi connectivity index (χ4v) is 3.35. The van der Waals surface area contributed by atoms with E-state index in [1.165, 1.54) is 11.0 Å². The standard InChI is InChI=1S/C11H10ClN3O3S/c12-19(17,18)7-8-4-11(16)15(6-8)10-3-1-2-9(5-13)14-10/h1-3,8H,4,6-7H2. The van der Waals surface area contributed by atoms with Gasteiger partial charge in [-0.2, -0.15) is 5.26 Å². The summed E-state index contributed by atoms with van der Waals surface area (Å²) >= 11 is 0. The normalized spacial score (nSPS) is 19.5. The summed E-state index contributed by atoms with van der Waals surface area (Å²) < 4.78 is 22.0. The van der Waals surface area contributed by atoms with Gasteiger partial charge in [-0.25, -0.2) is 13.4 Å². The molecule has 1 fully saturated rings. The molecule has 6 nitrogen and oxygen atoms in total. The minimum Gasteiger partial charge on any atom is -0.296 e. The van der Waals surface area contributed by atoms with Crippen LogP contribution in [0, 0.1) is 17.2 Å². The maximum atomic E-state index is 11.8. The molecule has 1 aromatic rings. The van der Waals surface area contributed by atoms with Crippen LogP contribution in [0.4, 0.5) is 5.82 Å². The van der Waals surface area contributed by atoms with Gasteiger partial charge in [0.1, 0.15) is 17.6 Å². The van der Waals surface area contributed by atoms with E-state index in [0.29, 0.717) is 5.82 Å². The topological polar surface area (TPSA) is 91.1 Å². The monoisotopic (exact) mass is 299 g/mol. The van der Waals surface area contributed by atoms with Gasteiger partial charge in [-0.15, -0.1) is 0 Å². The molecular formula is C11H10ClN3O3S. The molecule has 0 aromatic carbocycles. The zero-order valence-corrected chi connectivity index (χ0v) is 11.4. The molecule has 0 radical (unpaired) electrons. The molecule has 100 valence electrons. The first-order chi connectivity index (χ1) is 8.89. The Kier molecular flexibility index (Phi) is 3.73. The molecule has 2 heterocycles. The van der Waals surface area contributed by atoms with Gasteiger partial charge in [-0.3, -0.25) is 9.69 Å². The fraction of sp³-hybridized carbons (Fsp3) is 0.364. The Hall–Kier alpha value is -1.65. The van der Waals surface area contributed by atoms with Gasteiger partial charge in [0.25, 0.3) is 0 Å². The third kappa shape index (κ3) is 3.43. The molecule has 1 aliphatic rings. The molecule has 0 aliphatic carbocycles. The Bertz CT molecular complexity index is 653. The van der Waals surface area contributed by atoms with Crippen LogP contribution in [0.25, 0.3) is 0 Å². The second-order valence-electron chi connectivity index (χ2n) is 4.27. The van der Waals surface area contributed by atoms with Crippen molar-refractivity contribution >= 4 is 31.5 Å². The number of hydrogen-bond donors (Lipinski definition) is 0. The number of carbonyl (C=O) groups excluding carboxylic acids is 1. The van der Waals surface area contributed by atoms with Crippen LogP contribution in [0.2, 0.25) is 0 Å². The maximum absolute atomic E-state index is 11.8. The SMILES string of the molecule is N#Cc1cccc(N2CC(CS(=O)(=O)Cl)CC2=O)n1. The number of nitrogens with zero attached hydrogens (tertiary/aromatic N) is 3. The zero-order chi connectivity index (χ0) is 14.0. The van der Waals surface area contributed by atoms with Crippen molar-refractivity contribution in [3.63, 3.8) is 0 Å². The fourth-order valence-electron chi connectivity index (χ4n) is 2.03. The highest BCUT2D eigenvalue weighted by atomic mass is 35.7. The van der Waals surface area contributed by atoms with Gasteiger partial charge in [-0.1, -0.05) is 6.07 Å². The molecular weight excluding hydrogens is 290 g/mol. The van der Waals surface area contributed by atoms with Gasteiger partial charge < -0.3 is 0 Å². The van der Waals surface area contributed by atoms with Crippen molar-refractivity contribution in [2.45, 2.75) is 6.42 Å². The van der Waals surface area contributed by atoms with E-state index in [4.69, 9.17) is 15.9 Å². The van der Waals surface area contributed by atoms with Crippen LogP contribution in [-0.4, -0.2) is 31.6 Å². The number of amides is 1. The smallest absolute Gasteiger partial charge is 0.232 e. The van der Waals surface area contributed by atoms with Crippen molar-refractivity contribution in [2.75, 3.05) is 17.2 Å². The average Bonchev–Trinajstić information content (AvgIpc) is 2.68. The first-order valence-corrected chi connectivity index (χ1v) is 7.97. The van der Waals surface area contributed by atoms with Crippen LogP contribution in [0.15, 0.2) is 18.2 Å². The lowest BCUT2D eigenvalue weighted by atomic mass is 10.1. The quantitative estimate of drug-likeness (QED) is 0.773. The Morgan fingerprint density at radius 3 is 2.89 bits per heavy atom. The summed E-state index contributed by atoms with van der Waals surface area (Å²) in [7, 11) is 1.56. The van der Waals surface area contributed by atoms with E-state index in [1.54, 1.807) is 12.1 Å². The molecule has 1 amide bonds. The molecule has 0 spiro atoms. The maximum Gasteiger partial charge on any atom is 0.232 e. The van der Waals surface area contributed by atoms with Crippen LogP contribution >= 0.6 is 10.7 Å². The average molecular weight is 300 g/mol. The minimum atomic E-state index is -3.63. The van der Waals surface area contributed by atoms with Gasteiger partial charge in [0, 0.05) is 29.6 Å². The van der Waals surface area contributed by atoms with Crippen molar-refractivity contribution in [3.05, 3.63) is 23.9 Å². The first-order valence-electron chi connectivity index (χ1n) is 5.49. The van der Waals surface area contributed by atoms with E-state index in [9.17, 15) is 13.2 Å². The lowest BCUT2D eigenvalue weighted by Gasteiger charge is -2.15. The van der Waals surface area contributed by atoms with E-state index in [0.717, 1.165) is 0 Å². The van der Waals surface area contributed by atoms with E-state index in [2.05, 4.69) is 4.98 Å². The molecule has 19 heavy (non-hydrogen) atoms. The molecule has 1 unspecified atom stereocenters. The molecule has 2 rings (SSSR count). The van der Waals surface area contributed by atoms with Crippen molar-refractivity contribution in [2.24, 2.45) is 5.92 Å². The number of rotatable bonds is 3. The van der Waals surface area contributed by atoms with Gasteiger partial charge in [0.2, 0.25) is 15.0 Å². The van der Waals surface area contributed by atoms with Crippen LogP contribution in [0.1, 0.15) is 12.1 Å². The lowest BCUT2D eigenvalue weighted by Crippen LogP contribution is -2.26. The Labute approximate surface area is 115 Å². The van der Waals surface area contributed by atoms with Crippen LogP contribution in [0.3, 0.4) is 0 Å². The van der Waals surface area contributed by atoms with Crippen molar-refractivity contribution in [3.8, 4) is 6.07 Å². The third-order valence-corrected chi connectivity index (χ3v) is 4.01. The molecule has 8 heteroatoms. The summed E-state index contributed by atoms with van der Waals surface area (Å²) in [5.41, 5.74) is 0.207. The van der Waals surface area contributed by atoms with Crippen LogP contribution < -0.4 is 4.90 Å². The van der Waals surface area contributed by atoms with E-state index in [-0.39, 0.29) is 36.2 Å². The number of aromatic nitrogens is 1. The summed E-state index contributed by atoms with van der Waals surface area (Å²) in [6, 6.07) is 6.65. The Morgan fingerprint density at radius 2 is 2.26 bits per heavy atom. The number of carbonyl (C=O) groups is 1. The van der Waals surface area contributed by atoms with E-state index >= 15 is 0 Å². The molecule has 1 saturated heterocycles. The molecule has 0 saturated carbocycles. The van der Waals surface area contributed by atoms with Crippen LogP contribution in [0.5, 0.6) is 0 Å². The lowest BCUT2D eigenvalue weighted by molar-refractivity contribution is -0.117. The predicted molar refractivity (Wildman–Crippen MR) is 69.1 cm³/mol. The summed E-state index contributed by atoms with van der Waals surface area (Å²) in [6.07, 6.45) is 0.115. The van der Waals surface area contributed by atoms with E-state index < -0.39 is 9.05 Å².